The van der Waals surface area contributed by atoms with E-state index in [0.717, 1.165) is 5.56 Å². The van der Waals surface area contributed by atoms with E-state index in [1.165, 1.54) is 0 Å². The molecule has 0 aromatic carbocycles. The van der Waals surface area contributed by atoms with Crippen LogP contribution in [-0.2, 0) is 10.3 Å². The summed E-state index contributed by atoms with van der Waals surface area (Å²) in [4.78, 5) is 26.7. The first kappa shape index (κ1) is 9.64. The van der Waals surface area contributed by atoms with Crippen molar-refractivity contribution in [1.29, 1.82) is 0 Å². The molecule has 0 spiro atoms. The van der Waals surface area contributed by atoms with Crippen LogP contribution < -0.4 is 10.6 Å². The van der Waals surface area contributed by atoms with E-state index in [2.05, 4.69) is 15.6 Å². The molecule has 1 atom stereocenters. The maximum Gasteiger partial charge on any atom is 0.322 e. The lowest BCUT2D eigenvalue weighted by Gasteiger charge is -2.24. The third-order valence-corrected chi connectivity index (χ3v) is 2.65. The molecule has 2 rings (SSSR count). The van der Waals surface area contributed by atoms with E-state index in [-0.39, 0.29) is 5.91 Å². The number of nitrogens with one attached hydrogen (secondary N) is 2. The molecular formula is C10H11N3O2. The Morgan fingerprint density at radius 3 is 2.47 bits per heavy atom. The molecule has 0 saturated carbocycles. The maximum absolute atomic E-state index is 11.7. The molecule has 5 nitrogen and oxygen atoms in total. The van der Waals surface area contributed by atoms with Crippen LogP contribution in [0.2, 0.25) is 0 Å². The summed E-state index contributed by atoms with van der Waals surface area (Å²) in [6, 6.07) is 3.02. The monoisotopic (exact) mass is 205 g/mol. The summed E-state index contributed by atoms with van der Waals surface area (Å²) < 4.78 is 0. The van der Waals surface area contributed by atoms with Gasteiger partial charge in [-0.05, 0) is 24.1 Å². The standard InChI is InChI=1S/C10H11N3O2/c1-2-10(7-3-5-11-6-4-7)8(14)12-9(15)13-10/h3-6H,2H2,1H3,(H2,12,13,14,15)/t10-/m0/s1. The third kappa shape index (κ3) is 1.36. The van der Waals surface area contributed by atoms with E-state index in [1.807, 2.05) is 6.92 Å². The highest BCUT2D eigenvalue weighted by atomic mass is 16.2. The van der Waals surface area contributed by atoms with Crippen molar-refractivity contribution in [2.45, 2.75) is 18.9 Å². The Bertz CT molecular complexity index is 404. The zero-order valence-corrected chi connectivity index (χ0v) is 8.28. The van der Waals surface area contributed by atoms with Crippen LogP contribution in [0.1, 0.15) is 18.9 Å². The van der Waals surface area contributed by atoms with Gasteiger partial charge in [-0.2, -0.15) is 0 Å². The van der Waals surface area contributed by atoms with Crippen molar-refractivity contribution >= 4 is 11.9 Å². The molecule has 15 heavy (non-hydrogen) atoms. The Balaban J connectivity index is 2.47. The summed E-state index contributed by atoms with van der Waals surface area (Å²) in [5.41, 5.74) is -0.177. The molecule has 0 radical (unpaired) electrons. The van der Waals surface area contributed by atoms with E-state index in [0.29, 0.717) is 6.42 Å². The molecule has 1 saturated heterocycles. The predicted octanol–water partition coefficient (Wildman–Crippen LogP) is 0.526. The van der Waals surface area contributed by atoms with Gasteiger partial charge in [0.15, 0.2) is 0 Å². The molecule has 5 heteroatoms. The largest absolute Gasteiger partial charge is 0.322 e. The minimum atomic E-state index is -0.931. The van der Waals surface area contributed by atoms with Crippen LogP contribution >= 0.6 is 0 Å². The van der Waals surface area contributed by atoms with Crippen LogP contribution in [0.4, 0.5) is 4.79 Å². The Morgan fingerprint density at radius 1 is 1.33 bits per heavy atom. The number of hydrogen-bond donors (Lipinski definition) is 2. The number of rotatable bonds is 2. The van der Waals surface area contributed by atoms with Crippen molar-refractivity contribution in [2.75, 3.05) is 0 Å². The van der Waals surface area contributed by atoms with Crippen LogP contribution in [0, 0.1) is 0 Å². The Morgan fingerprint density at radius 2 is 2.00 bits per heavy atom. The van der Waals surface area contributed by atoms with Crippen LogP contribution in [-0.4, -0.2) is 16.9 Å². The van der Waals surface area contributed by atoms with Crippen molar-refractivity contribution < 1.29 is 9.59 Å². The summed E-state index contributed by atoms with van der Waals surface area (Å²) in [6.45, 7) is 1.85. The lowest BCUT2D eigenvalue weighted by atomic mass is 9.88. The van der Waals surface area contributed by atoms with Gasteiger partial charge < -0.3 is 5.32 Å². The fourth-order valence-electron chi connectivity index (χ4n) is 1.78. The second-order valence-electron chi connectivity index (χ2n) is 3.40. The summed E-state index contributed by atoms with van der Waals surface area (Å²) >= 11 is 0. The van der Waals surface area contributed by atoms with E-state index in [9.17, 15) is 9.59 Å². The molecule has 0 bridgehead atoms. The number of carbonyl (C=O) groups is 2. The first-order chi connectivity index (χ1) is 7.19. The van der Waals surface area contributed by atoms with Gasteiger partial charge in [0, 0.05) is 12.4 Å². The molecular weight excluding hydrogens is 194 g/mol. The number of nitrogens with zero attached hydrogens (tertiary/aromatic N) is 1. The van der Waals surface area contributed by atoms with Gasteiger partial charge in [0.25, 0.3) is 5.91 Å². The highest BCUT2D eigenvalue weighted by molar-refractivity contribution is 6.07. The smallest absolute Gasteiger partial charge is 0.319 e. The molecule has 3 amide bonds. The second-order valence-corrected chi connectivity index (χ2v) is 3.40. The summed E-state index contributed by atoms with van der Waals surface area (Å²) in [7, 11) is 0. The first-order valence-corrected chi connectivity index (χ1v) is 4.73. The van der Waals surface area contributed by atoms with Gasteiger partial charge >= 0.3 is 6.03 Å². The van der Waals surface area contributed by atoms with Crippen LogP contribution in [0.15, 0.2) is 24.5 Å². The molecule has 1 aliphatic heterocycles. The minimum Gasteiger partial charge on any atom is -0.319 e. The molecule has 78 valence electrons. The zero-order chi connectivity index (χ0) is 10.9. The fraction of sp³-hybridized carbons (Fsp3) is 0.300. The van der Waals surface area contributed by atoms with Crippen molar-refractivity contribution in [1.82, 2.24) is 15.6 Å². The zero-order valence-electron chi connectivity index (χ0n) is 8.28. The van der Waals surface area contributed by atoms with E-state index in [4.69, 9.17) is 0 Å². The number of amides is 3. The SMILES string of the molecule is CC[C@@]1(c2ccncc2)NC(=O)NC1=O. The van der Waals surface area contributed by atoms with Crippen molar-refractivity contribution in [3.63, 3.8) is 0 Å². The maximum atomic E-state index is 11.7. The topological polar surface area (TPSA) is 71.1 Å². The lowest BCUT2D eigenvalue weighted by Crippen LogP contribution is -2.43. The average molecular weight is 205 g/mol. The number of pyridine rings is 1. The van der Waals surface area contributed by atoms with E-state index < -0.39 is 11.6 Å². The van der Waals surface area contributed by atoms with Gasteiger partial charge in [0.1, 0.15) is 5.54 Å². The highest BCUT2D eigenvalue weighted by Crippen LogP contribution is 2.27. The van der Waals surface area contributed by atoms with Crippen LogP contribution in [0.25, 0.3) is 0 Å². The second kappa shape index (κ2) is 3.34. The van der Waals surface area contributed by atoms with E-state index in [1.54, 1.807) is 24.5 Å². The molecule has 1 aliphatic rings. The van der Waals surface area contributed by atoms with Gasteiger partial charge in [0.05, 0.1) is 0 Å². The minimum absolute atomic E-state index is 0.304. The van der Waals surface area contributed by atoms with Crippen LogP contribution in [0.5, 0.6) is 0 Å². The first-order valence-electron chi connectivity index (χ1n) is 4.73. The summed E-state index contributed by atoms with van der Waals surface area (Å²) in [5, 5.41) is 4.90. The molecule has 1 aromatic rings. The van der Waals surface area contributed by atoms with Gasteiger partial charge in [-0.3, -0.25) is 15.1 Å². The number of urea groups is 1. The molecule has 2 heterocycles. The van der Waals surface area contributed by atoms with Crippen molar-refractivity contribution in [2.24, 2.45) is 0 Å². The number of carbonyl (C=O) groups excluding carboxylic acids is 2. The molecule has 0 aliphatic carbocycles. The summed E-state index contributed by atoms with van der Waals surface area (Å²) in [6.07, 6.45) is 3.71. The van der Waals surface area contributed by atoms with Gasteiger partial charge in [-0.25, -0.2) is 4.79 Å². The normalized spacial score (nSPS) is 24.9. The Kier molecular flexibility index (Phi) is 2.15. The Labute approximate surface area is 86.9 Å². The fourth-order valence-corrected chi connectivity index (χ4v) is 1.78. The molecule has 0 unspecified atom stereocenters. The number of aromatic nitrogens is 1. The van der Waals surface area contributed by atoms with Gasteiger partial charge in [-0.1, -0.05) is 6.92 Å². The van der Waals surface area contributed by atoms with E-state index >= 15 is 0 Å². The van der Waals surface area contributed by atoms with Gasteiger partial charge in [-0.15, -0.1) is 0 Å². The molecule has 2 N–H and O–H groups in total. The summed E-state index contributed by atoms with van der Waals surface area (Å²) in [5.74, 6) is -0.304. The van der Waals surface area contributed by atoms with Gasteiger partial charge in [0.2, 0.25) is 0 Å². The molecule has 1 aromatic heterocycles. The number of hydrogen-bond acceptors (Lipinski definition) is 3. The highest BCUT2D eigenvalue weighted by Gasteiger charge is 2.45. The lowest BCUT2D eigenvalue weighted by molar-refractivity contribution is -0.124. The number of imide groups is 1. The Hall–Kier alpha value is -1.91. The quantitative estimate of drug-likeness (QED) is 0.692. The van der Waals surface area contributed by atoms with Crippen LogP contribution in [0.3, 0.4) is 0 Å². The predicted molar refractivity (Wildman–Crippen MR) is 52.9 cm³/mol. The molecule has 1 fully saturated rings. The van der Waals surface area contributed by atoms with Crippen molar-refractivity contribution in [3.8, 4) is 0 Å². The average Bonchev–Trinajstić information content (AvgIpc) is 2.56. The van der Waals surface area contributed by atoms with Crippen molar-refractivity contribution in [3.05, 3.63) is 30.1 Å². The third-order valence-electron chi connectivity index (χ3n) is 2.65.